The Morgan fingerprint density at radius 2 is 1.53 bits per heavy atom. The number of amides is 1. The molecular weight excluding hydrogens is 284 g/mol. The van der Waals surface area contributed by atoms with Gasteiger partial charge in [-0.1, -0.05) is 13.3 Å². The lowest BCUT2D eigenvalue weighted by atomic mass is 10.0. The minimum absolute atomic E-state index is 0.169. The lowest BCUT2D eigenvalue weighted by molar-refractivity contribution is -0.292. The monoisotopic (exact) mass is 295 g/mol. The van der Waals surface area contributed by atoms with E-state index in [-0.39, 0.29) is 6.42 Å². The predicted molar refractivity (Wildman–Crippen MR) is 50.4 cm³/mol. The number of rotatable bonds is 7. The zero-order valence-electron chi connectivity index (χ0n) is 9.65. The van der Waals surface area contributed by atoms with Crippen LogP contribution < -0.4 is 5.32 Å². The molecule has 0 aromatic heterocycles. The smallest absolute Gasteiger partial charge is 0.411 e. The van der Waals surface area contributed by atoms with Crippen molar-refractivity contribution in [2.45, 2.75) is 37.5 Å². The minimum Gasteiger partial charge on any atom is -0.477 e. The number of hydrogen-bond acceptors (Lipinski definition) is 2. The maximum Gasteiger partial charge on any atom is 0.411 e. The number of unbranched alkanes of at least 4 members (excludes halogenated alkanes) is 1. The summed E-state index contributed by atoms with van der Waals surface area (Å²) < 4.78 is 76.8. The average Bonchev–Trinajstić information content (AvgIpc) is 2.28. The first-order valence-electron chi connectivity index (χ1n) is 5.08. The van der Waals surface area contributed by atoms with E-state index in [2.05, 4.69) is 0 Å². The molecule has 0 radical (unpaired) electrons. The van der Waals surface area contributed by atoms with Gasteiger partial charge in [-0.15, -0.1) is 0 Å². The first-order chi connectivity index (χ1) is 8.42. The molecule has 2 N–H and O–H groups in total. The van der Waals surface area contributed by atoms with E-state index >= 15 is 0 Å². The summed E-state index contributed by atoms with van der Waals surface area (Å²) in [7, 11) is 0. The molecule has 19 heavy (non-hydrogen) atoms. The molecule has 4 nitrogen and oxygen atoms in total. The Bertz CT molecular complexity index is 358. The summed E-state index contributed by atoms with van der Waals surface area (Å²) in [6.07, 6.45) is 0.607. The zero-order valence-corrected chi connectivity index (χ0v) is 9.65. The van der Waals surface area contributed by atoms with Crippen LogP contribution in [0, 0.1) is 0 Å². The number of nitrogens with one attached hydrogen (secondary N) is 1. The van der Waals surface area contributed by atoms with E-state index in [1.807, 2.05) is 0 Å². The van der Waals surface area contributed by atoms with Gasteiger partial charge in [0.15, 0.2) is 0 Å². The third-order valence-corrected chi connectivity index (χ3v) is 2.16. The highest BCUT2D eigenvalue weighted by atomic mass is 19.3. The molecule has 0 rings (SSSR count). The normalized spacial score (nSPS) is 13.2. The van der Waals surface area contributed by atoms with Gasteiger partial charge in [-0.05, 0) is 6.42 Å². The van der Waals surface area contributed by atoms with Gasteiger partial charge in [-0.25, -0.2) is 4.79 Å². The topological polar surface area (TPSA) is 66.4 Å². The standard InChI is InChI=1S/C9H11F6NO3/c1-2-3-4-16-5(17)7(10,11)9(14,15)8(12,13)6(18)19/h2-4H2,1H3,(H,16,17)(H,18,19). The number of carboxylic acids is 1. The summed E-state index contributed by atoms with van der Waals surface area (Å²) >= 11 is 0. The van der Waals surface area contributed by atoms with Gasteiger partial charge in [-0.3, -0.25) is 4.79 Å². The van der Waals surface area contributed by atoms with Crippen LogP contribution in [0.1, 0.15) is 19.8 Å². The van der Waals surface area contributed by atoms with Gasteiger partial charge >= 0.3 is 23.7 Å². The van der Waals surface area contributed by atoms with Crippen molar-refractivity contribution in [1.82, 2.24) is 5.32 Å². The van der Waals surface area contributed by atoms with E-state index in [4.69, 9.17) is 5.11 Å². The SMILES string of the molecule is CCCCNC(=O)C(F)(F)C(F)(F)C(F)(F)C(=O)O. The maximum absolute atomic E-state index is 13.0. The van der Waals surface area contributed by atoms with Crippen LogP contribution in [0.15, 0.2) is 0 Å². The summed E-state index contributed by atoms with van der Waals surface area (Å²) in [5.74, 6) is -24.4. The molecule has 0 saturated carbocycles. The molecule has 0 aromatic carbocycles. The van der Waals surface area contributed by atoms with E-state index in [1.165, 1.54) is 5.32 Å². The molecule has 112 valence electrons. The Balaban J connectivity index is 5.16. The second-order valence-corrected chi connectivity index (χ2v) is 3.64. The van der Waals surface area contributed by atoms with Gasteiger partial charge in [0, 0.05) is 6.54 Å². The first-order valence-corrected chi connectivity index (χ1v) is 5.08. The maximum atomic E-state index is 13.0. The molecule has 10 heteroatoms. The van der Waals surface area contributed by atoms with Crippen LogP contribution in [0.25, 0.3) is 0 Å². The Morgan fingerprint density at radius 1 is 1.05 bits per heavy atom. The van der Waals surface area contributed by atoms with Gasteiger partial charge in [0.25, 0.3) is 5.91 Å². The Kier molecular flexibility index (Phi) is 5.22. The van der Waals surface area contributed by atoms with Crippen LogP contribution in [-0.4, -0.2) is 41.3 Å². The van der Waals surface area contributed by atoms with Gasteiger partial charge in [-0.2, -0.15) is 26.3 Å². The van der Waals surface area contributed by atoms with E-state index in [0.717, 1.165) is 0 Å². The number of carbonyl (C=O) groups excluding carboxylic acids is 1. The van der Waals surface area contributed by atoms with Crippen LogP contribution in [0.4, 0.5) is 26.3 Å². The van der Waals surface area contributed by atoms with E-state index in [0.29, 0.717) is 6.42 Å². The second-order valence-electron chi connectivity index (χ2n) is 3.64. The van der Waals surface area contributed by atoms with Crippen molar-refractivity contribution in [1.29, 1.82) is 0 Å². The lowest BCUT2D eigenvalue weighted by Crippen LogP contribution is -2.63. The fourth-order valence-corrected chi connectivity index (χ4v) is 0.964. The molecule has 0 bridgehead atoms. The minimum atomic E-state index is -6.35. The summed E-state index contributed by atoms with van der Waals surface area (Å²) in [5, 5.41) is 9.19. The molecule has 0 saturated heterocycles. The lowest BCUT2D eigenvalue weighted by Gasteiger charge is -2.29. The van der Waals surface area contributed by atoms with E-state index in [1.54, 1.807) is 6.92 Å². The zero-order chi connectivity index (χ0) is 15.5. The van der Waals surface area contributed by atoms with Crippen LogP contribution in [0.2, 0.25) is 0 Å². The molecule has 0 aliphatic carbocycles. The van der Waals surface area contributed by atoms with Crippen LogP contribution in [0.5, 0.6) is 0 Å². The highest BCUT2D eigenvalue weighted by Gasteiger charge is 2.78. The highest BCUT2D eigenvalue weighted by Crippen LogP contribution is 2.45. The van der Waals surface area contributed by atoms with Crippen LogP contribution in [-0.2, 0) is 9.59 Å². The third-order valence-electron chi connectivity index (χ3n) is 2.16. The number of carbonyl (C=O) groups is 2. The van der Waals surface area contributed by atoms with Crippen LogP contribution in [0.3, 0.4) is 0 Å². The largest absolute Gasteiger partial charge is 0.477 e. The number of halogens is 6. The van der Waals surface area contributed by atoms with Gasteiger partial charge < -0.3 is 10.4 Å². The van der Waals surface area contributed by atoms with E-state index in [9.17, 15) is 35.9 Å². The molecule has 0 aliphatic rings. The molecule has 0 atom stereocenters. The quantitative estimate of drug-likeness (QED) is 0.557. The van der Waals surface area contributed by atoms with Crippen molar-refractivity contribution in [3.63, 3.8) is 0 Å². The Hall–Kier alpha value is -1.48. The van der Waals surface area contributed by atoms with Crippen molar-refractivity contribution in [3.8, 4) is 0 Å². The fraction of sp³-hybridized carbons (Fsp3) is 0.778. The number of hydrogen-bond donors (Lipinski definition) is 2. The summed E-state index contributed by atoms with van der Waals surface area (Å²) in [4.78, 5) is 20.7. The summed E-state index contributed by atoms with van der Waals surface area (Å²) in [6, 6.07) is 0. The second kappa shape index (κ2) is 5.66. The van der Waals surface area contributed by atoms with E-state index < -0.39 is 36.2 Å². The van der Waals surface area contributed by atoms with Crippen molar-refractivity contribution < 1.29 is 41.0 Å². The Morgan fingerprint density at radius 3 is 1.89 bits per heavy atom. The molecule has 0 aliphatic heterocycles. The van der Waals surface area contributed by atoms with Crippen molar-refractivity contribution in [2.24, 2.45) is 0 Å². The summed E-state index contributed by atoms with van der Waals surface area (Å²) in [5.41, 5.74) is 0. The molecule has 0 unspecified atom stereocenters. The predicted octanol–water partition coefficient (Wildman–Crippen LogP) is 1.89. The Labute approximate surface area is 103 Å². The van der Waals surface area contributed by atoms with Gasteiger partial charge in [0.05, 0.1) is 0 Å². The number of aliphatic carboxylic acids is 1. The first kappa shape index (κ1) is 17.5. The molecule has 0 fully saturated rings. The number of alkyl halides is 6. The molecule has 0 spiro atoms. The van der Waals surface area contributed by atoms with Gasteiger partial charge in [0.2, 0.25) is 0 Å². The molecular formula is C9H11F6NO3. The van der Waals surface area contributed by atoms with Crippen LogP contribution >= 0.6 is 0 Å². The fourth-order valence-electron chi connectivity index (χ4n) is 0.964. The molecule has 0 heterocycles. The van der Waals surface area contributed by atoms with Crippen molar-refractivity contribution in [3.05, 3.63) is 0 Å². The number of carboxylic acid groups (broad SMARTS) is 1. The highest BCUT2D eigenvalue weighted by molar-refractivity contribution is 5.87. The third kappa shape index (κ3) is 3.10. The van der Waals surface area contributed by atoms with Crippen molar-refractivity contribution in [2.75, 3.05) is 6.54 Å². The molecule has 1 amide bonds. The molecule has 0 aromatic rings. The summed E-state index contributed by atoms with van der Waals surface area (Å²) in [6.45, 7) is 1.19. The van der Waals surface area contributed by atoms with Gasteiger partial charge in [0.1, 0.15) is 0 Å². The van der Waals surface area contributed by atoms with Crippen molar-refractivity contribution >= 4 is 11.9 Å². The average molecular weight is 295 g/mol.